The minimum absolute atomic E-state index is 0.0221. The van der Waals surface area contributed by atoms with Gasteiger partial charge in [-0.3, -0.25) is 9.59 Å². The third-order valence-corrected chi connectivity index (χ3v) is 6.41. The molecule has 2 saturated heterocycles. The van der Waals surface area contributed by atoms with Gasteiger partial charge in [0.25, 0.3) is 5.91 Å². The number of amides is 2. The molecule has 5 nitrogen and oxygen atoms in total. The maximum Gasteiger partial charge on any atom is 0.254 e. The van der Waals surface area contributed by atoms with E-state index >= 15 is 0 Å². The number of halogens is 1. The third-order valence-electron chi connectivity index (χ3n) is 5.88. The van der Waals surface area contributed by atoms with E-state index < -0.39 is 0 Å². The summed E-state index contributed by atoms with van der Waals surface area (Å²) in [6, 6.07) is 17.4. The molecule has 2 aromatic rings. The van der Waals surface area contributed by atoms with Crippen LogP contribution in [0, 0.1) is 5.92 Å². The van der Waals surface area contributed by atoms with Gasteiger partial charge in [-0.05, 0) is 61.6 Å². The second-order valence-corrected chi connectivity index (χ2v) is 8.76. The zero-order valence-corrected chi connectivity index (χ0v) is 18.0. The van der Waals surface area contributed by atoms with Crippen molar-refractivity contribution in [3.05, 3.63) is 64.6 Å². The topological polar surface area (TPSA) is 52.7 Å². The van der Waals surface area contributed by atoms with Crippen molar-refractivity contribution in [1.29, 1.82) is 0 Å². The highest BCUT2D eigenvalue weighted by atomic mass is 79.9. The molecule has 152 valence electrons. The third kappa shape index (κ3) is 4.64. The van der Waals surface area contributed by atoms with Crippen molar-refractivity contribution in [3.63, 3.8) is 0 Å². The number of hydrogen-bond donors (Lipinski definition) is 1. The minimum atomic E-state index is -0.363. The summed E-state index contributed by atoms with van der Waals surface area (Å²) in [7, 11) is 0. The van der Waals surface area contributed by atoms with Gasteiger partial charge < -0.3 is 15.1 Å². The van der Waals surface area contributed by atoms with Crippen LogP contribution in [0.2, 0.25) is 0 Å². The summed E-state index contributed by atoms with van der Waals surface area (Å²) in [5, 5.41) is 3.12. The van der Waals surface area contributed by atoms with Crippen LogP contribution in [0.15, 0.2) is 59.1 Å². The highest BCUT2D eigenvalue weighted by Crippen LogP contribution is 2.24. The molecule has 0 bridgehead atoms. The molecule has 2 aliphatic heterocycles. The number of carbonyl (C=O) groups excluding carboxylic acids is 2. The SMILES string of the molecule is O=C(NCC1CCN(c2ccccc2)C1)C1CCCN1C(=O)c1ccc(Br)cc1. The van der Waals surface area contributed by atoms with E-state index in [1.54, 1.807) is 17.0 Å². The van der Waals surface area contributed by atoms with Crippen molar-refractivity contribution in [2.24, 2.45) is 5.92 Å². The predicted molar refractivity (Wildman–Crippen MR) is 118 cm³/mol. The van der Waals surface area contributed by atoms with Crippen LogP contribution in [0.1, 0.15) is 29.6 Å². The van der Waals surface area contributed by atoms with Gasteiger partial charge in [0.05, 0.1) is 0 Å². The average Bonchev–Trinajstić information content (AvgIpc) is 3.43. The van der Waals surface area contributed by atoms with Crippen LogP contribution in [0.25, 0.3) is 0 Å². The van der Waals surface area contributed by atoms with E-state index in [1.807, 2.05) is 18.2 Å². The summed E-state index contributed by atoms with van der Waals surface area (Å²) in [5.74, 6) is 0.355. The van der Waals surface area contributed by atoms with Crippen molar-refractivity contribution >= 4 is 33.4 Å². The molecule has 0 aliphatic carbocycles. The zero-order valence-electron chi connectivity index (χ0n) is 16.4. The molecular weight excluding hydrogens is 430 g/mol. The van der Waals surface area contributed by atoms with Gasteiger partial charge in [0.15, 0.2) is 0 Å². The molecule has 2 aliphatic rings. The van der Waals surface area contributed by atoms with Gasteiger partial charge in [-0.15, -0.1) is 0 Å². The largest absolute Gasteiger partial charge is 0.371 e. The molecule has 29 heavy (non-hydrogen) atoms. The van der Waals surface area contributed by atoms with E-state index in [1.165, 1.54) is 5.69 Å². The molecule has 0 saturated carbocycles. The van der Waals surface area contributed by atoms with Gasteiger partial charge >= 0.3 is 0 Å². The molecule has 6 heteroatoms. The molecular formula is C23H26BrN3O2. The minimum Gasteiger partial charge on any atom is -0.371 e. The van der Waals surface area contributed by atoms with Crippen LogP contribution >= 0.6 is 15.9 Å². The number of para-hydroxylation sites is 1. The summed E-state index contributed by atoms with van der Waals surface area (Å²) < 4.78 is 0.936. The van der Waals surface area contributed by atoms with Gasteiger partial charge in [0, 0.05) is 41.9 Å². The number of benzene rings is 2. The summed E-state index contributed by atoms with van der Waals surface area (Å²) >= 11 is 3.39. The molecule has 0 radical (unpaired) electrons. The fourth-order valence-corrected chi connectivity index (χ4v) is 4.54. The Morgan fingerprint density at radius 2 is 1.76 bits per heavy atom. The summed E-state index contributed by atoms with van der Waals surface area (Å²) in [4.78, 5) is 29.8. The number of carbonyl (C=O) groups is 2. The van der Waals surface area contributed by atoms with Crippen LogP contribution in [-0.2, 0) is 4.79 Å². The summed E-state index contributed by atoms with van der Waals surface area (Å²) in [5.41, 5.74) is 1.87. The van der Waals surface area contributed by atoms with Crippen LogP contribution in [-0.4, -0.2) is 48.9 Å². The molecule has 2 amide bonds. The fraction of sp³-hybridized carbons (Fsp3) is 0.391. The average molecular weight is 456 g/mol. The molecule has 2 aromatic carbocycles. The first kappa shape index (κ1) is 20.0. The van der Waals surface area contributed by atoms with Crippen LogP contribution in [0.3, 0.4) is 0 Å². The summed E-state index contributed by atoms with van der Waals surface area (Å²) in [6.45, 7) is 3.27. The zero-order chi connectivity index (χ0) is 20.2. The predicted octanol–water partition coefficient (Wildman–Crippen LogP) is 3.70. The second kappa shape index (κ2) is 8.99. The van der Waals surface area contributed by atoms with Crippen molar-refractivity contribution in [2.75, 3.05) is 31.1 Å². The fourth-order valence-electron chi connectivity index (χ4n) is 4.28. The van der Waals surface area contributed by atoms with Gasteiger partial charge in [-0.25, -0.2) is 0 Å². The van der Waals surface area contributed by atoms with Crippen molar-refractivity contribution < 1.29 is 9.59 Å². The van der Waals surface area contributed by atoms with Crippen LogP contribution in [0.4, 0.5) is 5.69 Å². The van der Waals surface area contributed by atoms with E-state index in [0.717, 1.165) is 36.8 Å². The van der Waals surface area contributed by atoms with Gasteiger partial charge in [-0.1, -0.05) is 34.1 Å². The maximum absolute atomic E-state index is 12.9. The molecule has 2 atom stereocenters. The van der Waals surface area contributed by atoms with Crippen LogP contribution < -0.4 is 10.2 Å². The number of nitrogens with zero attached hydrogens (tertiary/aromatic N) is 2. The Morgan fingerprint density at radius 1 is 1.00 bits per heavy atom. The number of nitrogens with one attached hydrogen (secondary N) is 1. The smallest absolute Gasteiger partial charge is 0.254 e. The molecule has 1 N–H and O–H groups in total. The Labute approximate surface area is 180 Å². The van der Waals surface area contributed by atoms with E-state index in [9.17, 15) is 9.59 Å². The molecule has 2 unspecified atom stereocenters. The number of rotatable bonds is 5. The van der Waals surface area contributed by atoms with Crippen molar-refractivity contribution in [3.8, 4) is 0 Å². The highest BCUT2D eigenvalue weighted by molar-refractivity contribution is 9.10. The number of hydrogen-bond acceptors (Lipinski definition) is 3. The Morgan fingerprint density at radius 3 is 2.52 bits per heavy atom. The first-order valence-corrected chi connectivity index (χ1v) is 11.1. The standard InChI is InChI=1S/C23H26BrN3O2/c24-19-10-8-18(9-11-19)23(29)27-13-4-7-21(27)22(28)25-15-17-12-14-26(16-17)20-5-2-1-3-6-20/h1-3,5-6,8-11,17,21H,4,7,12-16H2,(H,25,28). The van der Waals surface area contributed by atoms with E-state index in [0.29, 0.717) is 24.6 Å². The van der Waals surface area contributed by atoms with Gasteiger partial charge in [0.2, 0.25) is 5.91 Å². The Kier molecular flexibility index (Phi) is 6.19. The Bertz CT molecular complexity index is 856. The molecule has 2 fully saturated rings. The Balaban J connectivity index is 1.31. The normalized spacial score (nSPS) is 21.4. The summed E-state index contributed by atoms with van der Waals surface area (Å²) in [6.07, 6.45) is 2.67. The molecule has 0 spiro atoms. The molecule has 0 aromatic heterocycles. The van der Waals surface area contributed by atoms with Crippen molar-refractivity contribution in [2.45, 2.75) is 25.3 Å². The first-order valence-electron chi connectivity index (χ1n) is 10.3. The van der Waals surface area contributed by atoms with E-state index in [4.69, 9.17) is 0 Å². The number of anilines is 1. The first-order chi connectivity index (χ1) is 14.1. The lowest BCUT2D eigenvalue weighted by Crippen LogP contribution is -2.47. The van der Waals surface area contributed by atoms with Crippen molar-refractivity contribution in [1.82, 2.24) is 10.2 Å². The molecule has 4 rings (SSSR count). The number of likely N-dealkylation sites (tertiary alicyclic amines) is 1. The second-order valence-electron chi connectivity index (χ2n) is 7.84. The van der Waals surface area contributed by atoms with Crippen LogP contribution in [0.5, 0.6) is 0 Å². The molecule has 2 heterocycles. The lowest BCUT2D eigenvalue weighted by Gasteiger charge is -2.25. The van der Waals surface area contributed by atoms with E-state index in [-0.39, 0.29) is 17.9 Å². The highest BCUT2D eigenvalue weighted by Gasteiger charge is 2.35. The van der Waals surface area contributed by atoms with E-state index in [2.05, 4.69) is 50.4 Å². The Hall–Kier alpha value is -2.34. The lowest BCUT2D eigenvalue weighted by molar-refractivity contribution is -0.125. The maximum atomic E-state index is 12.9. The quantitative estimate of drug-likeness (QED) is 0.747. The van der Waals surface area contributed by atoms with Gasteiger partial charge in [-0.2, -0.15) is 0 Å². The van der Waals surface area contributed by atoms with Gasteiger partial charge in [0.1, 0.15) is 6.04 Å². The lowest BCUT2D eigenvalue weighted by atomic mass is 10.1. The monoisotopic (exact) mass is 455 g/mol.